The van der Waals surface area contributed by atoms with Crippen LogP contribution in [0.2, 0.25) is 0 Å². The Hall–Kier alpha value is -5.06. The van der Waals surface area contributed by atoms with Gasteiger partial charge in [0.05, 0.1) is 24.1 Å². The summed E-state index contributed by atoms with van der Waals surface area (Å²) in [6.45, 7) is 5.14. The molecular formula is C39H41N7O3. The number of H-pyrrole nitrogens is 1. The Morgan fingerprint density at radius 2 is 1.76 bits per heavy atom. The van der Waals surface area contributed by atoms with Gasteiger partial charge >= 0.3 is 0 Å². The Morgan fingerprint density at radius 3 is 2.51 bits per heavy atom. The van der Waals surface area contributed by atoms with Crippen LogP contribution < -0.4 is 0 Å². The number of aryl methyl sites for hydroxylation is 1. The molecule has 0 saturated carbocycles. The second kappa shape index (κ2) is 14.2. The fourth-order valence-electron chi connectivity index (χ4n) is 7.11. The molecule has 49 heavy (non-hydrogen) atoms. The van der Waals surface area contributed by atoms with E-state index in [2.05, 4.69) is 67.3 Å². The van der Waals surface area contributed by atoms with Gasteiger partial charge in [-0.2, -0.15) is 5.10 Å². The van der Waals surface area contributed by atoms with E-state index in [9.17, 15) is 9.59 Å². The van der Waals surface area contributed by atoms with Gasteiger partial charge < -0.3 is 9.64 Å². The third kappa shape index (κ3) is 6.93. The molecule has 1 fully saturated rings. The third-order valence-corrected chi connectivity index (χ3v) is 9.89. The molecular weight excluding hydrogens is 614 g/mol. The Bertz CT molecular complexity index is 1990. The number of fused-ring (bicyclic) bond motifs is 1. The molecule has 2 aliphatic rings. The van der Waals surface area contributed by atoms with Gasteiger partial charge in [0.15, 0.2) is 5.82 Å². The van der Waals surface area contributed by atoms with Gasteiger partial charge in [0.25, 0.3) is 0 Å². The van der Waals surface area contributed by atoms with Crippen LogP contribution in [0.4, 0.5) is 0 Å². The minimum absolute atomic E-state index is 0.0906. The van der Waals surface area contributed by atoms with Crippen LogP contribution in [-0.4, -0.2) is 93.1 Å². The molecule has 0 unspecified atom stereocenters. The van der Waals surface area contributed by atoms with E-state index >= 15 is 0 Å². The fourth-order valence-corrected chi connectivity index (χ4v) is 7.11. The second-order valence-corrected chi connectivity index (χ2v) is 13.1. The summed E-state index contributed by atoms with van der Waals surface area (Å²) >= 11 is 0. The molecule has 2 aromatic carbocycles. The van der Waals surface area contributed by atoms with Crippen molar-refractivity contribution in [2.45, 2.75) is 32.6 Å². The molecule has 1 N–H and O–H groups in total. The number of hydrogen-bond acceptors (Lipinski definition) is 8. The monoisotopic (exact) mass is 655 g/mol. The molecule has 1 atom stereocenters. The average molecular weight is 656 g/mol. The molecule has 3 aromatic heterocycles. The lowest BCUT2D eigenvalue weighted by atomic mass is 9.80. The molecule has 0 radical (unpaired) electrons. The van der Waals surface area contributed by atoms with Crippen LogP contribution in [0.25, 0.3) is 39.1 Å². The van der Waals surface area contributed by atoms with Gasteiger partial charge in [0.1, 0.15) is 11.5 Å². The standard InChI is InChI=1S/C39H41N7O3/c1-3-32-23-31(11-17-40-32)37-33-21-27(5-10-34(33)43-44-37)22-35(47)39(26-49-2)14-20-45(25-39)24-36(48)46-18-12-29(13-19-46)28-6-8-30(9-7-28)38-41-15-4-16-42-38/h4-12,15-17,21,23H,3,13-14,18-20,22,24-26H2,1-2H3,(H,43,44)/t39-/m1/s1. The molecule has 5 heterocycles. The summed E-state index contributed by atoms with van der Waals surface area (Å²) in [5.41, 5.74) is 7.44. The van der Waals surface area contributed by atoms with Crippen LogP contribution in [-0.2, 0) is 27.2 Å². The first kappa shape index (κ1) is 32.5. The maximum atomic E-state index is 14.0. The Morgan fingerprint density at radius 1 is 0.939 bits per heavy atom. The smallest absolute Gasteiger partial charge is 0.237 e. The average Bonchev–Trinajstić information content (AvgIpc) is 3.77. The summed E-state index contributed by atoms with van der Waals surface area (Å²) in [6, 6.07) is 20.2. The largest absolute Gasteiger partial charge is 0.384 e. The first-order chi connectivity index (χ1) is 23.9. The zero-order valence-corrected chi connectivity index (χ0v) is 28.1. The van der Waals surface area contributed by atoms with Gasteiger partial charge in [-0.3, -0.25) is 24.6 Å². The maximum Gasteiger partial charge on any atom is 0.237 e. The summed E-state index contributed by atoms with van der Waals surface area (Å²) in [7, 11) is 1.65. The topological polar surface area (TPSA) is 117 Å². The van der Waals surface area contributed by atoms with Gasteiger partial charge in [0.2, 0.25) is 5.91 Å². The fraction of sp³-hybridized carbons (Fsp3) is 0.333. The number of rotatable bonds is 11. The summed E-state index contributed by atoms with van der Waals surface area (Å²) in [5, 5.41) is 8.70. The highest BCUT2D eigenvalue weighted by atomic mass is 16.5. The van der Waals surface area contributed by atoms with Crippen molar-refractivity contribution < 1.29 is 14.3 Å². The van der Waals surface area contributed by atoms with Crippen molar-refractivity contribution >= 4 is 28.2 Å². The predicted molar refractivity (Wildman–Crippen MR) is 189 cm³/mol. The Balaban J connectivity index is 0.978. The number of nitrogens with zero attached hydrogens (tertiary/aromatic N) is 6. The number of Topliss-reactive ketones (excluding diaryl/α,β-unsaturated/α-hetero) is 1. The number of likely N-dealkylation sites (tertiary alicyclic amines) is 1. The molecule has 0 bridgehead atoms. The van der Waals surface area contributed by atoms with Crippen molar-refractivity contribution in [2.75, 3.05) is 46.4 Å². The molecule has 250 valence electrons. The van der Waals surface area contributed by atoms with E-state index in [0.717, 1.165) is 57.4 Å². The maximum absolute atomic E-state index is 14.0. The van der Waals surface area contributed by atoms with Crippen molar-refractivity contribution in [2.24, 2.45) is 5.41 Å². The molecule has 5 aromatic rings. The second-order valence-electron chi connectivity index (χ2n) is 13.1. The number of ether oxygens (including phenoxy) is 1. The first-order valence-electron chi connectivity index (χ1n) is 17.0. The van der Waals surface area contributed by atoms with Crippen LogP contribution in [0.1, 0.15) is 36.6 Å². The number of aromatic nitrogens is 5. The summed E-state index contributed by atoms with van der Waals surface area (Å²) in [4.78, 5) is 44.5. The van der Waals surface area contributed by atoms with Gasteiger partial charge in [-0.25, -0.2) is 9.97 Å². The molecule has 0 aliphatic carbocycles. The van der Waals surface area contributed by atoms with Crippen LogP contribution in [0.15, 0.2) is 85.3 Å². The zero-order valence-electron chi connectivity index (χ0n) is 28.1. The van der Waals surface area contributed by atoms with Crippen molar-refractivity contribution in [1.29, 1.82) is 0 Å². The van der Waals surface area contributed by atoms with Crippen molar-refractivity contribution in [1.82, 2.24) is 34.9 Å². The number of nitrogens with one attached hydrogen (secondary N) is 1. The Labute approximate surface area is 286 Å². The van der Waals surface area contributed by atoms with E-state index in [1.54, 1.807) is 19.5 Å². The van der Waals surface area contributed by atoms with E-state index < -0.39 is 5.41 Å². The van der Waals surface area contributed by atoms with Crippen LogP contribution in [0.3, 0.4) is 0 Å². The first-order valence-corrected chi connectivity index (χ1v) is 17.0. The lowest BCUT2D eigenvalue weighted by Gasteiger charge is -2.30. The molecule has 10 heteroatoms. The highest BCUT2D eigenvalue weighted by molar-refractivity contribution is 5.95. The number of carbonyl (C=O) groups is 2. The minimum Gasteiger partial charge on any atom is -0.384 e. The lowest BCUT2D eigenvalue weighted by molar-refractivity contribution is -0.134. The van der Waals surface area contributed by atoms with Crippen molar-refractivity contribution in [3.63, 3.8) is 0 Å². The number of methoxy groups -OCH3 is 1. The van der Waals surface area contributed by atoms with Crippen LogP contribution in [0, 0.1) is 5.41 Å². The van der Waals surface area contributed by atoms with Crippen LogP contribution >= 0.6 is 0 Å². The number of pyridine rings is 1. The SMILES string of the molecule is CCc1cc(-c2n[nH]c3ccc(CC(=O)[C@]4(COC)CCN(CC(=O)N5CC=C(c6ccc(-c7ncccn7)cc6)CC5)C4)cc23)ccn1. The summed E-state index contributed by atoms with van der Waals surface area (Å²) < 4.78 is 5.62. The summed E-state index contributed by atoms with van der Waals surface area (Å²) in [5.74, 6) is 0.937. The molecule has 7 rings (SSSR count). The summed E-state index contributed by atoms with van der Waals surface area (Å²) in [6.07, 6.45) is 10.0. The van der Waals surface area contributed by atoms with Crippen molar-refractivity contribution in [3.8, 4) is 22.6 Å². The number of hydrogen-bond donors (Lipinski definition) is 1. The van der Waals surface area contributed by atoms with Gasteiger partial charge in [-0.05, 0) is 72.8 Å². The van der Waals surface area contributed by atoms with Gasteiger partial charge in [-0.15, -0.1) is 0 Å². The van der Waals surface area contributed by atoms with Gasteiger partial charge in [0, 0.05) is 74.0 Å². The molecule has 1 saturated heterocycles. The normalized spacial score (nSPS) is 18.2. The predicted octanol–water partition coefficient (Wildman–Crippen LogP) is 5.41. The highest BCUT2D eigenvalue weighted by Gasteiger charge is 2.44. The minimum atomic E-state index is -0.656. The van der Waals surface area contributed by atoms with E-state index in [1.165, 1.54) is 5.57 Å². The number of ketones is 1. The van der Waals surface area contributed by atoms with Crippen molar-refractivity contribution in [3.05, 3.63) is 102 Å². The molecule has 1 amide bonds. The van der Waals surface area contributed by atoms with E-state index in [0.29, 0.717) is 58.0 Å². The van der Waals surface area contributed by atoms with E-state index in [4.69, 9.17) is 4.74 Å². The molecule has 0 spiro atoms. The number of amides is 1. The van der Waals surface area contributed by atoms with E-state index in [1.807, 2.05) is 47.5 Å². The van der Waals surface area contributed by atoms with E-state index in [-0.39, 0.29) is 11.7 Å². The number of benzene rings is 2. The lowest BCUT2D eigenvalue weighted by Crippen LogP contribution is -2.44. The highest BCUT2D eigenvalue weighted by Crippen LogP contribution is 2.35. The Kier molecular flexibility index (Phi) is 9.41. The third-order valence-electron chi connectivity index (χ3n) is 9.89. The van der Waals surface area contributed by atoms with Crippen LogP contribution in [0.5, 0.6) is 0 Å². The molecule has 2 aliphatic heterocycles. The number of carbonyl (C=O) groups excluding carboxylic acids is 2. The molecule has 10 nitrogen and oxygen atoms in total. The number of aromatic amines is 1. The quantitative estimate of drug-likeness (QED) is 0.201. The zero-order chi connectivity index (χ0) is 33.8. The van der Waals surface area contributed by atoms with Gasteiger partial charge in [-0.1, -0.05) is 43.3 Å².